The summed E-state index contributed by atoms with van der Waals surface area (Å²) in [4.78, 5) is 24.1. The van der Waals surface area contributed by atoms with Gasteiger partial charge >= 0.3 is 0 Å². The SMILES string of the molecule is CCCn1nnc(NC(=S)NC(=O)c2ccc(-c3cccc([N+](=O)[O-])c3)o2)n1. The number of aromatic nitrogens is 4. The number of nitrogens with zero attached hydrogens (tertiary/aromatic N) is 5. The number of benzene rings is 1. The fourth-order valence-electron chi connectivity index (χ4n) is 2.27. The van der Waals surface area contributed by atoms with Gasteiger partial charge in [-0.3, -0.25) is 25.5 Å². The highest BCUT2D eigenvalue weighted by Gasteiger charge is 2.16. The van der Waals surface area contributed by atoms with Crippen LogP contribution in [0.5, 0.6) is 0 Å². The number of non-ortho nitro benzene ring substituents is 1. The van der Waals surface area contributed by atoms with Crippen LogP contribution in [0.4, 0.5) is 11.6 Å². The average Bonchev–Trinajstić information content (AvgIpc) is 3.32. The minimum Gasteiger partial charge on any atom is -0.451 e. The average molecular weight is 401 g/mol. The fraction of sp³-hybridized carbons (Fsp3) is 0.188. The normalized spacial score (nSPS) is 10.5. The molecule has 3 rings (SSSR count). The summed E-state index contributed by atoms with van der Waals surface area (Å²) in [5.74, 6) is -0.115. The molecule has 28 heavy (non-hydrogen) atoms. The van der Waals surface area contributed by atoms with Crippen molar-refractivity contribution < 1.29 is 14.1 Å². The summed E-state index contributed by atoms with van der Waals surface area (Å²) >= 11 is 5.06. The number of anilines is 1. The first-order valence-electron chi connectivity index (χ1n) is 8.21. The molecule has 1 amide bonds. The predicted octanol–water partition coefficient (Wildman–Crippen LogP) is 2.38. The first kappa shape index (κ1) is 19.1. The number of carbonyl (C=O) groups excluding carboxylic acids is 1. The van der Waals surface area contributed by atoms with E-state index in [1.54, 1.807) is 12.1 Å². The predicted molar refractivity (Wildman–Crippen MR) is 103 cm³/mol. The summed E-state index contributed by atoms with van der Waals surface area (Å²) in [7, 11) is 0. The van der Waals surface area contributed by atoms with Gasteiger partial charge in [0.15, 0.2) is 10.9 Å². The number of furan rings is 1. The van der Waals surface area contributed by atoms with E-state index in [9.17, 15) is 14.9 Å². The zero-order valence-electron chi connectivity index (χ0n) is 14.7. The number of nitro benzene ring substituents is 1. The van der Waals surface area contributed by atoms with Crippen molar-refractivity contribution in [3.05, 3.63) is 52.3 Å². The molecular weight excluding hydrogens is 386 g/mol. The topological polar surface area (TPSA) is 141 Å². The number of hydrogen-bond acceptors (Lipinski definition) is 8. The van der Waals surface area contributed by atoms with Gasteiger partial charge in [-0.05, 0) is 36.0 Å². The van der Waals surface area contributed by atoms with Gasteiger partial charge in [-0.15, -0.1) is 5.10 Å². The van der Waals surface area contributed by atoms with Crippen molar-refractivity contribution in [3.63, 3.8) is 0 Å². The van der Waals surface area contributed by atoms with E-state index in [1.807, 2.05) is 6.92 Å². The highest BCUT2D eigenvalue weighted by Crippen LogP contribution is 2.25. The van der Waals surface area contributed by atoms with E-state index in [4.69, 9.17) is 16.6 Å². The lowest BCUT2D eigenvalue weighted by Crippen LogP contribution is -2.34. The van der Waals surface area contributed by atoms with Gasteiger partial charge < -0.3 is 4.42 Å². The van der Waals surface area contributed by atoms with Crippen LogP contribution >= 0.6 is 12.2 Å². The Morgan fingerprint density at radius 2 is 2.18 bits per heavy atom. The fourth-order valence-corrected chi connectivity index (χ4v) is 2.46. The Morgan fingerprint density at radius 1 is 1.36 bits per heavy atom. The molecule has 0 radical (unpaired) electrons. The van der Waals surface area contributed by atoms with Gasteiger partial charge in [0.2, 0.25) is 0 Å². The van der Waals surface area contributed by atoms with E-state index >= 15 is 0 Å². The second-order valence-electron chi connectivity index (χ2n) is 5.59. The quantitative estimate of drug-likeness (QED) is 0.362. The molecule has 12 heteroatoms. The van der Waals surface area contributed by atoms with Gasteiger partial charge in [0.05, 0.1) is 11.5 Å². The molecule has 2 heterocycles. The van der Waals surface area contributed by atoms with Gasteiger partial charge in [0.1, 0.15) is 5.76 Å². The van der Waals surface area contributed by atoms with E-state index in [2.05, 4.69) is 26.0 Å². The zero-order valence-corrected chi connectivity index (χ0v) is 15.5. The second kappa shape index (κ2) is 8.35. The minimum absolute atomic E-state index is 0.00625. The molecule has 0 saturated heterocycles. The summed E-state index contributed by atoms with van der Waals surface area (Å²) in [6, 6.07) is 8.90. The number of nitro groups is 1. The Labute approximate surface area is 163 Å². The number of aryl methyl sites for hydroxylation is 1. The summed E-state index contributed by atoms with van der Waals surface area (Å²) in [6.45, 7) is 2.59. The monoisotopic (exact) mass is 401 g/mol. The van der Waals surface area contributed by atoms with E-state index in [0.29, 0.717) is 17.9 Å². The molecule has 2 N–H and O–H groups in total. The van der Waals surface area contributed by atoms with E-state index < -0.39 is 10.8 Å². The first-order valence-corrected chi connectivity index (χ1v) is 8.62. The van der Waals surface area contributed by atoms with Crippen molar-refractivity contribution in [2.75, 3.05) is 5.32 Å². The van der Waals surface area contributed by atoms with Crippen LogP contribution in [-0.4, -0.2) is 36.2 Å². The van der Waals surface area contributed by atoms with Gasteiger partial charge in [-0.25, -0.2) is 0 Å². The van der Waals surface area contributed by atoms with Crippen molar-refractivity contribution in [1.82, 2.24) is 25.5 Å². The Hall–Kier alpha value is -3.67. The highest BCUT2D eigenvalue weighted by atomic mass is 32.1. The molecule has 3 aromatic rings. The maximum Gasteiger partial charge on any atom is 0.293 e. The van der Waals surface area contributed by atoms with Crippen molar-refractivity contribution in [1.29, 1.82) is 0 Å². The van der Waals surface area contributed by atoms with Crippen LogP contribution in [-0.2, 0) is 6.54 Å². The lowest BCUT2D eigenvalue weighted by atomic mass is 10.1. The molecule has 0 unspecified atom stereocenters. The number of carbonyl (C=O) groups is 1. The smallest absolute Gasteiger partial charge is 0.293 e. The maximum atomic E-state index is 12.3. The van der Waals surface area contributed by atoms with Gasteiger partial charge in [-0.1, -0.05) is 24.2 Å². The summed E-state index contributed by atoms with van der Waals surface area (Å²) in [5.41, 5.74) is 0.402. The third-order valence-electron chi connectivity index (χ3n) is 3.50. The van der Waals surface area contributed by atoms with Crippen molar-refractivity contribution in [3.8, 4) is 11.3 Å². The zero-order chi connectivity index (χ0) is 20.1. The minimum atomic E-state index is -0.588. The van der Waals surface area contributed by atoms with Gasteiger partial charge in [0.25, 0.3) is 17.5 Å². The molecule has 0 aliphatic heterocycles. The Kier molecular flexibility index (Phi) is 5.69. The Bertz CT molecular complexity index is 1030. The Morgan fingerprint density at radius 3 is 2.93 bits per heavy atom. The largest absolute Gasteiger partial charge is 0.451 e. The summed E-state index contributed by atoms with van der Waals surface area (Å²) < 4.78 is 5.48. The van der Waals surface area contributed by atoms with Gasteiger partial charge in [-0.2, -0.15) is 4.80 Å². The standard InChI is InChI=1S/C16H15N7O4S/c1-2-8-22-20-15(19-21-22)18-16(28)17-14(24)13-7-6-12(27-13)10-4-3-5-11(9-10)23(25)26/h3-7,9H,2,8H2,1H3,(H2,17,18,20,24,28). The number of rotatable bonds is 6. The van der Waals surface area contributed by atoms with Crippen LogP contribution < -0.4 is 10.6 Å². The van der Waals surface area contributed by atoms with Crippen LogP contribution in [0, 0.1) is 10.1 Å². The van der Waals surface area contributed by atoms with Crippen LogP contribution in [0.2, 0.25) is 0 Å². The molecule has 0 aliphatic carbocycles. The third kappa shape index (κ3) is 4.54. The lowest BCUT2D eigenvalue weighted by Gasteiger charge is -2.04. The van der Waals surface area contributed by atoms with E-state index in [1.165, 1.54) is 29.1 Å². The molecular formula is C16H15N7O4S. The lowest BCUT2D eigenvalue weighted by molar-refractivity contribution is -0.384. The molecule has 144 valence electrons. The molecule has 0 fully saturated rings. The molecule has 11 nitrogen and oxygen atoms in total. The van der Waals surface area contributed by atoms with Crippen LogP contribution in [0.1, 0.15) is 23.9 Å². The summed E-state index contributed by atoms with van der Waals surface area (Å²) in [5, 5.41) is 27.6. The Balaban J connectivity index is 1.64. The molecule has 0 saturated carbocycles. The molecule has 0 bridgehead atoms. The molecule has 0 aliphatic rings. The van der Waals surface area contributed by atoms with Crippen molar-refractivity contribution in [2.24, 2.45) is 0 Å². The second-order valence-corrected chi connectivity index (χ2v) is 6.00. The molecule has 0 atom stereocenters. The molecule has 1 aromatic carbocycles. The maximum absolute atomic E-state index is 12.3. The molecule has 2 aromatic heterocycles. The van der Waals surface area contributed by atoms with Crippen molar-refractivity contribution in [2.45, 2.75) is 19.9 Å². The molecule has 0 spiro atoms. The number of thiocarbonyl (C=S) groups is 1. The number of hydrogen-bond donors (Lipinski definition) is 2. The first-order chi connectivity index (χ1) is 13.5. The van der Waals surface area contributed by atoms with E-state index in [-0.39, 0.29) is 22.5 Å². The summed E-state index contributed by atoms with van der Waals surface area (Å²) in [6.07, 6.45) is 0.850. The van der Waals surface area contributed by atoms with Gasteiger partial charge in [0, 0.05) is 17.7 Å². The van der Waals surface area contributed by atoms with Crippen LogP contribution in [0.15, 0.2) is 40.8 Å². The third-order valence-corrected chi connectivity index (χ3v) is 3.70. The van der Waals surface area contributed by atoms with E-state index in [0.717, 1.165) is 6.42 Å². The number of amides is 1. The van der Waals surface area contributed by atoms with Crippen LogP contribution in [0.25, 0.3) is 11.3 Å². The number of nitrogens with one attached hydrogen (secondary N) is 2. The van der Waals surface area contributed by atoms with Crippen molar-refractivity contribution >= 4 is 34.9 Å². The number of tetrazole rings is 1. The van der Waals surface area contributed by atoms with Crippen LogP contribution in [0.3, 0.4) is 0 Å². The highest BCUT2D eigenvalue weighted by molar-refractivity contribution is 7.80.